The van der Waals surface area contributed by atoms with Crippen LogP contribution in [-0.4, -0.2) is 32.4 Å². The molecule has 0 unspecified atom stereocenters. The largest absolute Gasteiger partial charge is 0.493 e. The lowest BCUT2D eigenvalue weighted by Crippen LogP contribution is -2.18. The number of hydrazone groups is 1. The summed E-state index contributed by atoms with van der Waals surface area (Å²) in [6, 6.07) is 11.4. The maximum atomic E-state index is 11.9. The van der Waals surface area contributed by atoms with Gasteiger partial charge >= 0.3 is 0 Å². The number of hydrogen-bond donors (Lipinski definition) is 1. The van der Waals surface area contributed by atoms with Crippen molar-refractivity contribution >= 4 is 28.1 Å². The van der Waals surface area contributed by atoms with E-state index in [4.69, 9.17) is 14.2 Å². The van der Waals surface area contributed by atoms with Crippen LogP contribution in [0.4, 0.5) is 0 Å². The van der Waals surface area contributed by atoms with E-state index in [1.807, 2.05) is 43.3 Å². The van der Waals surface area contributed by atoms with Crippen LogP contribution in [0.3, 0.4) is 0 Å². The number of methoxy groups -OCH3 is 1. The summed E-state index contributed by atoms with van der Waals surface area (Å²) in [4.78, 5) is 11.9. The van der Waals surface area contributed by atoms with Crippen molar-refractivity contribution in [3.8, 4) is 17.2 Å². The van der Waals surface area contributed by atoms with Crippen molar-refractivity contribution in [3.63, 3.8) is 0 Å². The van der Waals surface area contributed by atoms with Crippen LogP contribution in [0.15, 0.2) is 46.0 Å². The topological polar surface area (TPSA) is 69.2 Å². The number of ether oxygens (including phenoxy) is 3. The summed E-state index contributed by atoms with van der Waals surface area (Å²) >= 11 is 3.47. The Morgan fingerprint density at radius 3 is 2.53 bits per heavy atom. The number of carbonyl (C=O) groups excluding carboxylic acids is 1. The van der Waals surface area contributed by atoms with E-state index in [0.29, 0.717) is 37.6 Å². The molecule has 30 heavy (non-hydrogen) atoms. The number of nitrogens with one attached hydrogen (secondary N) is 1. The molecule has 0 fully saturated rings. The Kier molecular flexibility index (Phi) is 10.2. The van der Waals surface area contributed by atoms with Gasteiger partial charge in [0.15, 0.2) is 11.5 Å². The van der Waals surface area contributed by atoms with Crippen LogP contribution in [0.2, 0.25) is 0 Å². The minimum absolute atomic E-state index is 0.163. The number of halogens is 1. The predicted octanol–water partition coefficient (Wildman–Crippen LogP) is 5.25. The zero-order valence-corrected chi connectivity index (χ0v) is 19.3. The highest BCUT2D eigenvalue weighted by Gasteiger charge is 2.06. The van der Waals surface area contributed by atoms with E-state index >= 15 is 0 Å². The van der Waals surface area contributed by atoms with Crippen molar-refractivity contribution in [2.75, 3.05) is 20.3 Å². The third kappa shape index (κ3) is 8.06. The summed E-state index contributed by atoms with van der Waals surface area (Å²) in [6.07, 6.45) is 4.57. The van der Waals surface area contributed by atoms with Crippen LogP contribution < -0.4 is 19.6 Å². The molecule has 0 atom stereocenters. The highest BCUT2D eigenvalue weighted by molar-refractivity contribution is 9.10. The maximum absolute atomic E-state index is 11.9. The molecule has 1 N–H and O–H groups in total. The molecule has 2 rings (SSSR count). The molecular weight excluding hydrogens is 448 g/mol. The molecule has 0 aliphatic rings. The first-order valence-corrected chi connectivity index (χ1v) is 10.8. The molecule has 0 aliphatic heterocycles. The highest BCUT2D eigenvalue weighted by Crippen LogP contribution is 2.28. The first-order chi connectivity index (χ1) is 14.5. The fourth-order valence-electron chi connectivity index (χ4n) is 2.58. The summed E-state index contributed by atoms with van der Waals surface area (Å²) in [7, 11) is 1.60. The van der Waals surface area contributed by atoms with Crippen molar-refractivity contribution < 1.29 is 19.0 Å². The molecule has 2 aromatic carbocycles. The number of aryl methyl sites for hydroxylation is 1. The third-order valence-corrected chi connectivity index (χ3v) is 4.86. The van der Waals surface area contributed by atoms with E-state index < -0.39 is 0 Å². The van der Waals surface area contributed by atoms with Crippen molar-refractivity contribution in [1.82, 2.24) is 5.43 Å². The molecule has 0 aliphatic carbocycles. The second kappa shape index (κ2) is 12.9. The Morgan fingerprint density at radius 2 is 1.80 bits per heavy atom. The zero-order valence-electron chi connectivity index (χ0n) is 17.7. The molecule has 162 valence electrons. The SMILES string of the molecule is CCCCOc1ccc(/C=N/NC(=O)CCCOc2ccc(C)cc2Br)cc1OC. The lowest BCUT2D eigenvalue weighted by Gasteiger charge is -2.10. The first-order valence-electron chi connectivity index (χ1n) is 10.0. The number of benzene rings is 2. The molecule has 0 saturated carbocycles. The minimum atomic E-state index is -0.163. The van der Waals surface area contributed by atoms with Crippen molar-refractivity contribution in [2.45, 2.75) is 39.5 Å². The Morgan fingerprint density at radius 1 is 1.07 bits per heavy atom. The number of hydrogen-bond acceptors (Lipinski definition) is 5. The van der Waals surface area contributed by atoms with E-state index in [2.05, 4.69) is 33.4 Å². The fourth-order valence-corrected chi connectivity index (χ4v) is 3.19. The zero-order chi connectivity index (χ0) is 21.8. The highest BCUT2D eigenvalue weighted by atomic mass is 79.9. The van der Waals surface area contributed by atoms with Crippen LogP contribution in [0, 0.1) is 6.92 Å². The summed E-state index contributed by atoms with van der Waals surface area (Å²) in [5.74, 6) is 1.95. The molecule has 0 spiro atoms. The Labute approximate surface area is 186 Å². The predicted molar refractivity (Wildman–Crippen MR) is 123 cm³/mol. The number of nitrogens with zero attached hydrogens (tertiary/aromatic N) is 1. The van der Waals surface area contributed by atoms with E-state index in [1.54, 1.807) is 13.3 Å². The van der Waals surface area contributed by atoms with Crippen LogP contribution >= 0.6 is 15.9 Å². The molecule has 6 nitrogen and oxygen atoms in total. The smallest absolute Gasteiger partial charge is 0.240 e. The molecule has 0 saturated heterocycles. The van der Waals surface area contributed by atoms with Gasteiger partial charge in [0.1, 0.15) is 5.75 Å². The summed E-state index contributed by atoms with van der Waals surface area (Å²) in [5.41, 5.74) is 4.50. The van der Waals surface area contributed by atoms with Crippen LogP contribution in [-0.2, 0) is 4.79 Å². The molecule has 1 amide bonds. The van der Waals surface area contributed by atoms with Crippen LogP contribution in [0.1, 0.15) is 43.7 Å². The van der Waals surface area contributed by atoms with Gasteiger partial charge < -0.3 is 14.2 Å². The second-order valence-corrected chi connectivity index (χ2v) is 7.65. The number of unbranched alkanes of at least 4 members (excludes halogenated alkanes) is 1. The molecule has 0 radical (unpaired) electrons. The number of carbonyl (C=O) groups is 1. The van der Waals surface area contributed by atoms with E-state index in [-0.39, 0.29) is 5.91 Å². The summed E-state index contributed by atoms with van der Waals surface area (Å²) in [5, 5.41) is 4.01. The van der Waals surface area contributed by atoms with E-state index in [0.717, 1.165) is 34.2 Å². The Balaban J connectivity index is 1.74. The average Bonchev–Trinajstić information content (AvgIpc) is 2.73. The van der Waals surface area contributed by atoms with Gasteiger partial charge in [-0.1, -0.05) is 19.4 Å². The van der Waals surface area contributed by atoms with Gasteiger partial charge in [0, 0.05) is 6.42 Å². The maximum Gasteiger partial charge on any atom is 0.240 e. The third-order valence-electron chi connectivity index (χ3n) is 4.24. The van der Waals surface area contributed by atoms with Gasteiger partial charge in [-0.2, -0.15) is 5.10 Å². The lowest BCUT2D eigenvalue weighted by molar-refractivity contribution is -0.121. The van der Waals surface area contributed by atoms with Crippen LogP contribution in [0.25, 0.3) is 0 Å². The van der Waals surface area contributed by atoms with Gasteiger partial charge in [0.2, 0.25) is 5.91 Å². The fraction of sp³-hybridized carbons (Fsp3) is 0.391. The van der Waals surface area contributed by atoms with Crippen molar-refractivity contribution in [2.24, 2.45) is 5.10 Å². The molecule has 2 aromatic rings. The van der Waals surface area contributed by atoms with Crippen LogP contribution in [0.5, 0.6) is 17.2 Å². The average molecular weight is 477 g/mol. The van der Waals surface area contributed by atoms with E-state index in [1.165, 1.54) is 0 Å². The molecule has 0 heterocycles. The van der Waals surface area contributed by atoms with Gasteiger partial charge in [0.05, 0.1) is 31.0 Å². The van der Waals surface area contributed by atoms with Gasteiger partial charge in [-0.3, -0.25) is 4.79 Å². The Bertz CT molecular complexity index is 855. The van der Waals surface area contributed by atoms with Gasteiger partial charge in [-0.15, -0.1) is 0 Å². The quantitative estimate of drug-likeness (QED) is 0.258. The number of amides is 1. The van der Waals surface area contributed by atoms with E-state index in [9.17, 15) is 4.79 Å². The molecular formula is C23H29BrN2O4. The normalized spacial score (nSPS) is 10.8. The standard InChI is InChI=1S/C23H29BrN2O4/c1-4-5-12-30-21-11-9-18(15-22(21)28-3)16-25-26-23(27)7-6-13-29-20-10-8-17(2)14-19(20)24/h8-11,14-16H,4-7,12-13H2,1-3H3,(H,26,27)/b25-16+. The van der Waals surface area contributed by atoms with Gasteiger partial charge in [-0.05, 0) is 77.2 Å². The molecule has 0 bridgehead atoms. The van der Waals surface area contributed by atoms with Gasteiger partial charge in [-0.25, -0.2) is 5.43 Å². The first kappa shape index (κ1) is 23.7. The lowest BCUT2D eigenvalue weighted by atomic mass is 10.2. The van der Waals surface area contributed by atoms with Crippen molar-refractivity contribution in [1.29, 1.82) is 0 Å². The monoisotopic (exact) mass is 476 g/mol. The number of rotatable bonds is 12. The summed E-state index contributed by atoms with van der Waals surface area (Å²) < 4.78 is 17.7. The molecule has 7 heteroatoms. The summed E-state index contributed by atoms with van der Waals surface area (Å²) in [6.45, 7) is 5.24. The van der Waals surface area contributed by atoms with Gasteiger partial charge in [0.25, 0.3) is 0 Å². The Hall–Kier alpha value is -2.54. The van der Waals surface area contributed by atoms with Crippen molar-refractivity contribution in [3.05, 3.63) is 52.0 Å². The minimum Gasteiger partial charge on any atom is -0.493 e. The molecule has 0 aromatic heterocycles. The second-order valence-electron chi connectivity index (χ2n) is 6.79.